The number of hydrogen-bond donors (Lipinski definition) is 2. The molecule has 322 valence electrons. The third kappa shape index (κ3) is 42.8. The summed E-state index contributed by atoms with van der Waals surface area (Å²) in [6.07, 6.45) is 56.1. The van der Waals surface area contributed by atoms with Crippen LogP contribution in [-0.2, 0) is 27.9 Å². The summed E-state index contributed by atoms with van der Waals surface area (Å²) in [5.74, 6) is -0.350. The van der Waals surface area contributed by atoms with Crippen LogP contribution in [-0.4, -0.2) is 49.9 Å². The molecule has 0 saturated carbocycles. The first-order valence-electron chi connectivity index (χ1n) is 22.1. The second kappa shape index (κ2) is 43.8. The molecule has 0 amide bonds. The number of phosphoric acid groups is 1. The number of allylic oxidation sites excluding steroid dienone is 14. The van der Waals surface area contributed by atoms with E-state index in [9.17, 15) is 14.3 Å². The minimum atomic E-state index is -4.28. The summed E-state index contributed by atoms with van der Waals surface area (Å²) >= 11 is 0. The molecule has 0 aromatic heterocycles. The number of carbonyl (C=O) groups excluding carboxylic acids is 1. The maximum absolute atomic E-state index is 12.5. The molecule has 0 fully saturated rings. The predicted octanol–water partition coefficient (Wildman–Crippen LogP) is 13.3. The molecule has 9 heteroatoms. The number of esters is 1. The molecule has 2 atom stereocenters. The summed E-state index contributed by atoms with van der Waals surface area (Å²) in [4.78, 5) is 22.4. The maximum atomic E-state index is 12.5. The normalized spacial score (nSPS) is 14.3. The first kappa shape index (κ1) is 53.7. The van der Waals surface area contributed by atoms with Gasteiger partial charge in [-0.15, -0.1) is 0 Å². The van der Waals surface area contributed by atoms with Gasteiger partial charge in [-0.05, 0) is 83.5 Å². The molecule has 2 unspecified atom stereocenters. The highest BCUT2D eigenvalue weighted by Crippen LogP contribution is 2.43. The Labute approximate surface area is 343 Å². The molecule has 0 aliphatic rings. The minimum Gasteiger partial charge on any atom is -0.457 e. The molecule has 0 aliphatic carbocycles. The topological polar surface area (TPSA) is 117 Å². The van der Waals surface area contributed by atoms with Gasteiger partial charge in [0, 0.05) is 19.6 Å². The number of nitrogens with two attached hydrogens (primary N) is 1. The van der Waals surface area contributed by atoms with E-state index in [0.717, 1.165) is 96.3 Å². The fraction of sp³-hybridized carbons (Fsp3) is 0.681. The number of carbonyl (C=O) groups is 1. The highest BCUT2D eigenvalue weighted by molar-refractivity contribution is 7.47. The van der Waals surface area contributed by atoms with Crippen molar-refractivity contribution in [3.8, 4) is 0 Å². The van der Waals surface area contributed by atoms with E-state index < -0.39 is 13.9 Å². The number of phosphoric ester groups is 1. The molecule has 56 heavy (non-hydrogen) atoms. The van der Waals surface area contributed by atoms with Gasteiger partial charge in [0.05, 0.1) is 19.8 Å². The van der Waals surface area contributed by atoms with Gasteiger partial charge in [0.15, 0.2) is 0 Å². The van der Waals surface area contributed by atoms with Crippen molar-refractivity contribution in [1.29, 1.82) is 0 Å². The van der Waals surface area contributed by atoms with Crippen LogP contribution in [0.5, 0.6) is 0 Å². The van der Waals surface area contributed by atoms with E-state index in [-0.39, 0.29) is 32.3 Å². The van der Waals surface area contributed by atoms with Crippen molar-refractivity contribution in [2.45, 2.75) is 174 Å². The molecule has 8 nitrogen and oxygen atoms in total. The summed E-state index contributed by atoms with van der Waals surface area (Å²) in [7, 11) is -4.28. The average Bonchev–Trinajstić information content (AvgIpc) is 3.19. The van der Waals surface area contributed by atoms with Gasteiger partial charge in [0.25, 0.3) is 0 Å². The highest BCUT2D eigenvalue weighted by atomic mass is 31.2. The van der Waals surface area contributed by atoms with Gasteiger partial charge in [-0.1, -0.05) is 163 Å². The van der Waals surface area contributed by atoms with Gasteiger partial charge in [-0.3, -0.25) is 13.8 Å². The SMILES string of the molecule is CC/C=C\C/C=C\C/C=C\C/C=C\C/C=C\C/C=C\CCCCCCCCCOCC(COP(=O)(O)OCCN)OC(=O)CCCCCCC/C=C\CCCC. The molecular formula is C47H82NO7P. The van der Waals surface area contributed by atoms with Gasteiger partial charge < -0.3 is 20.1 Å². The minimum absolute atomic E-state index is 0.0927. The van der Waals surface area contributed by atoms with Crippen LogP contribution < -0.4 is 5.73 Å². The molecule has 3 N–H and O–H groups in total. The number of ether oxygens (including phenoxy) is 2. The fourth-order valence-electron chi connectivity index (χ4n) is 5.57. The van der Waals surface area contributed by atoms with Gasteiger partial charge in [0.2, 0.25) is 0 Å². The molecule has 0 spiro atoms. The molecule has 0 aromatic rings. The lowest BCUT2D eigenvalue weighted by molar-refractivity contribution is -0.154. The summed E-state index contributed by atoms with van der Waals surface area (Å²) < 4.78 is 33.4. The quantitative estimate of drug-likeness (QED) is 0.0272. The van der Waals surface area contributed by atoms with Crippen LogP contribution in [0.1, 0.15) is 168 Å². The Morgan fingerprint density at radius 2 is 1.00 bits per heavy atom. The standard InChI is InChI=1S/C47H82NO7P/c1-3-5-7-9-11-13-15-16-17-18-19-20-21-22-23-24-25-26-27-28-29-31-33-35-37-39-42-52-44-46(45-54-56(50,51)53-43-41-48)55-47(49)40-38-36-34-32-30-14-12-10-8-6-4-2/h5,7,10-13,16-17,19-20,22-23,25-26,46H,3-4,6,8-9,14-15,18,21,24,27-45,48H2,1-2H3,(H,50,51)/b7-5-,12-10-,13-11-,17-16-,20-19-,23-22-,26-25-. The van der Waals surface area contributed by atoms with Crippen LogP contribution in [0.15, 0.2) is 85.1 Å². The second-order valence-corrected chi connectivity index (χ2v) is 15.6. The van der Waals surface area contributed by atoms with E-state index >= 15 is 0 Å². The van der Waals surface area contributed by atoms with E-state index in [1.54, 1.807) is 0 Å². The summed E-state index contributed by atoms with van der Waals surface area (Å²) in [5.41, 5.74) is 5.36. The Morgan fingerprint density at radius 1 is 0.554 bits per heavy atom. The Morgan fingerprint density at radius 3 is 1.52 bits per heavy atom. The monoisotopic (exact) mass is 804 g/mol. The van der Waals surface area contributed by atoms with Crippen LogP contribution in [0.4, 0.5) is 0 Å². The number of unbranched alkanes of at least 4 members (excludes halogenated alkanes) is 14. The van der Waals surface area contributed by atoms with Crippen LogP contribution in [0.25, 0.3) is 0 Å². The zero-order chi connectivity index (χ0) is 40.9. The third-order valence-corrected chi connectivity index (χ3v) is 9.78. The number of rotatable bonds is 41. The van der Waals surface area contributed by atoms with Crippen molar-refractivity contribution >= 4 is 13.8 Å². The smallest absolute Gasteiger partial charge is 0.457 e. The van der Waals surface area contributed by atoms with E-state index in [0.29, 0.717) is 13.0 Å². The van der Waals surface area contributed by atoms with Gasteiger partial charge >= 0.3 is 13.8 Å². The van der Waals surface area contributed by atoms with Crippen LogP contribution in [0.3, 0.4) is 0 Å². The predicted molar refractivity (Wildman–Crippen MR) is 238 cm³/mol. The van der Waals surface area contributed by atoms with Crippen molar-refractivity contribution in [2.24, 2.45) is 5.73 Å². The van der Waals surface area contributed by atoms with E-state index in [1.165, 1.54) is 51.4 Å². The van der Waals surface area contributed by atoms with Crippen LogP contribution in [0, 0.1) is 0 Å². The summed E-state index contributed by atoms with van der Waals surface area (Å²) in [6, 6.07) is 0. The van der Waals surface area contributed by atoms with Gasteiger partial charge in [-0.25, -0.2) is 4.57 Å². The highest BCUT2D eigenvalue weighted by Gasteiger charge is 2.25. The average molecular weight is 804 g/mol. The lowest BCUT2D eigenvalue weighted by atomic mass is 10.1. The van der Waals surface area contributed by atoms with Gasteiger partial charge in [0.1, 0.15) is 6.10 Å². The van der Waals surface area contributed by atoms with Crippen molar-refractivity contribution in [1.82, 2.24) is 0 Å². The maximum Gasteiger partial charge on any atom is 0.472 e. The van der Waals surface area contributed by atoms with E-state index in [2.05, 4.69) is 98.9 Å². The molecule has 0 heterocycles. The zero-order valence-electron chi connectivity index (χ0n) is 35.6. The van der Waals surface area contributed by atoms with Crippen molar-refractivity contribution < 1.29 is 32.8 Å². The summed E-state index contributed by atoms with van der Waals surface area (Å²) in [6.45, 7) is 4.70. The molecule has 0 rings (SSSR count). The Kier molecular flexibility index (Phi) is 42.0. The molecule has 0 aromatic carbocycles. The molecule has 0 aliphatic heterocycles. The first-order valence-corrected chi connectivity index (χ1v) is 23.6. The molecule has 0 bridgehead atoms. The lowest BCUT2D eigenvalue weighted by Gasteiger charge is -2.20. The van der Waals surface area contributed by atoms with Crippen LogP contribution >= 0.6 is 7.82 Å². The van der Waals surface area contributed by atoms with Crippen molar-refractivity contribution in [2.75, 3.05) is 33.0 Å². The molecule has 0 saturated heterocycles. The van der Waals surface area contributed by atoms with E-state index in [1.807, 2.05) is 0 Å². The van der Waals surface area contributed by atoms with Crippen molar-refractivity contribution in [3.63, 3.8) is 0 Å². The Balaban J connectivity index is 4.01. The number of hydrogen-bond acceptors (Lipinski definition) is 7. The second-order valence-electron chi connectivity index (χ2n) is 14.2. The Bertz CT molecular complexity index is 1130. The van der Waals surface area contributed by atoms with E-state index in [4.69, 9.17) is 24.3 Å². The van der Waals surface area contributed by atoms with Crippen molar-refractivity contribution in [3.05, 3.63) is 85.1 Å². The lowest BCUT2D eigenvalue weighted by Crippen LogP contribution is -2.28. The van der Waals surface area contributed by atoms with Crippen LogP contribution in [0.2, 0.25) is 0 Å². The molecular weight excluding hydrogens is 721 g/mol. The Hall–Kier alpha value is -2.32. The third-order valence-electron chi connectivity index (χ3n) is 8.80. The zero-order valence-corrected chi connectivity index (χ0v) is 36.5. The largest absolute Gasteiger partial charge is 0.472 e. The molecule has 0 radical (unpaired) electrons. The fourth-order valence-corrected chi connectivity index (χ4v) is 6.33. The van der Waals surface area contributed by atoms with Gasteiger partial charge in [-0.2, -0.15) is 0 Å². The summed E-state index contributed by atoms with van der Waals surface area (Å²) in [5, 5.41) is 0. The first-order chi connectivity index (χ1) is 27.4.